The van der Waals surface area contributed by atoms with Crippen LogP contribution in [-0.2, 0) is 16.0 Å². The van der Waals surface area contributed by atoms with Crippen molar-refractivity contribution in [1.29, 1.82) is 0 Å². The lowest BCUT2D eigenvalue weighted by atomic mass is 9.90. The van der Waals surface area contributed by atoms with Crippen LogP contribution in [0.25, 0.3) is 0 Å². The SMILES string of the molecule is O=C1Cc2cc(C(O)C3CCCOC3)c(Cl)cc2N1. The van der Waals surface area contributed by atoms with Gasteiger partial charge in [0, 0.05) is 23.2 Å². The molecular formula is C14H16ClNO3. The largest absolute Gasteiger partial charge is 0.388 e. The molecule has 1 aromatic rings. The highest BCUT2D eigenvalue weighted by molar-refractivity contribution is 6.32. The third kappa shape index (κ3) is 2.48. The molecule has 0 bridgehead atoms. The number of halogens is 1. The summed E-state index contributed by atoms with van der Waals surface area (Å²) >= 11 is 6.22. The van der Waals surface area contributed by atoms with Crippen molar-refractivity contribution in [1.82, 2.24) is 0 Å². The van der Waals surface area contributed by atoms with Crippen molar-refractivity contribution in [2.75, 3.05) is 18.5 Å². The van der Waals surface area contributed by atoms with Gasteiger partial charge in [0.15, 0.2) is 0 Å². The molecule has 0 radical (unpaired) electrons. The minimum absolute atomic E-state index is 0.0290. The molecule has 5 heteroatoms. The standard InChI is InChI=1S/C14H16ClNO3/c15-11-6-12-9(5-13(17)16-12)4-10(11)14(18)8-2-1-3-19-7-8/h4,6,8,14,18H,1-3,5,7H2,(H,16,17). The van der Waals surface area contributed by atoms with E-state index in [1.807, 2.05) is 6.07 Å². The van der Waals surface area contributed by atoms with E-state index in [0.29, 0.717) is 23.6 Å². The van der Waals surface area contributed by atoms with Crippen molar-refractivity contribution in [3.8, 4) is 0 Å². The number of nitrogens with one attached hydrogen (secondary N) is 1. The van der Waals surface area contributed by atoms with E-state index in [2.05, 4.69) is 5.32 Å². The topological polar surface area (TPSA) is 58.6 Å². The zero-order valence-electron chi connectivity index (χ0n) is 10.5. The predicted molar refractivity (Wildman–Crippen MR) is 72.3 cm³/mol. The van der Waals surface area contributed by atoms with Crippen molar-refractivity contribution in [3.05, 3.63) is 28.3 Å². The van der Waals surface area contributed by atoms with E-state index >= 15 is 0 Å². The number of benzene rings is 1. The first-order valence-electron chi connectivity index (χ1n) is 6.53. The molecule has 2 aliphatic rings. The molecule has 1 amide bonds. The fourth-order valence-corrected chi connectivity index (χ4v) is 3.04. The second-order valence-electron chi connectivity index (χ2n) is 5.18. The summed E-state index contributed by atoms with van der Waals surface area (Å²) in [6, 6.07) is 3.57. The Morgan fingerprint density at radius 2 is 2.32 bits per heavy atom. The Kier molecular flexibility index (Phi) is 3.48. The van der Waals surface area contributed by atoms with Gasteiger partial charge >= 0.3 is 0 Å². The van der Waals surface area contributed by atoms with Gasteiger partial charge in [-0.25, -0.2) is 0 Å². The van der Waals surface area contributed by atoms with Gasteiger partial charge in [-0.05, 0) is 36.1 Å². The van der Waals surface area contributed by atoms with E-state index in [-0.39, 0.29) is 11.8 Å². The van der Waals surface area contributed by atoms with Crippen LogP contribution in [0.1, 0.15) is 30.1 Å². The van der Waals surface area contributed by atoms with Crippen LogP contribution < -0.4 is 5.32 Å². The maximum atomic E-state index is 11.4. The highest BCUT2D eigenvalue weighted by Crippen LogP contribution is 2.37. The van der Waals surface area contributed by atoms with Crippen molar-refractivity contribution in [2.24, 2.45) is 5.92 Å². The third-order valence-electron chi connectivity index (χ3n) is 3.81. The van der Waals surface area contributed by atoms with Crippen molar-refractivity contribution in [2.45, 2.75) is 25.4 Å². The summed E-state index contributed by atoms with van der Waals surface area (Å²) in [6.07, 6.45) is 1.62. The molecule has 2 heterocycles. The first-order chi connectivity index (χ1) is 9.15. The molecular weight excluding hydrogens is 266 g/mol. The maximum absolute atomic E-state index is 11.4. The molecule has 3 rings (SSSR count). The summed E-state index contributed by atoms with van der Waals surface area (Å²) < 4.78 is 5.40. The molecule has 2 N–H and O–H groups in total. The lowest BCUT2D eigenvalue weighted by molar-refractivity contribution is -0.115. The molecule has 2 aliphatic heterocycles. The van der Waals surface area contributed by atoms with Crippen LogP contribution in [0.3, 0.4) is 0 Å². The van der Waals surface area contributed by atoms with Crippen LogP contribution >= 0.6 is 11.6 Å². The average Bonchev–Trinajstić information content (AvgIpc) is 2.77. The summed E-state index contributed by atoms with van der Waals surface area (Å²) in [4.78, 5) is 11.4. The Labute approximate surface area is 116 Å². The number of hydrogen-bond donors (Lipinski definition) is 2. The zero-order valence-corrected chi connectivity index (χ0v) is 11.2. The zero-order chi connectivity index (χ0) is 13.4. The van der Waals surface area contributed by atoms with Gasteiger partial charge < -0.3 is 15.2 Å². The van der Waals surface area contributed by atoms with Gasteiger partial charge in [-0.15, -0.1) is 0 Å². The van der Waals surface area contributed by atoms with Crippen LogP contribution in [-0.4, -0.2) is 24.2 Å². The number of carbonyl (C=O) groups excluding carboxylic acids is 1. The molecule has 19 heavy (non-hydrogen) atoms. The van der Waals surface area contributed by atoms with Crippen LogP contribution in [0, 0.1) is 5.92 Å². The molecule has 4 nitrogen and oxygen atoms in total. The van der Waals surface area contributed by atoms with Gasteiger partial charge in [0.05, 0.1) is 19.1 Å². The summed E-state index contributed by atoms with van der Waals surface area (Å²) in [5.74, 6) is 0.0491. The molecule has 0 aromatic heterocycles. The first kappa shape index (κ1) is 12.9. The highest BCUT2D eigenvalue weighted by atomic mass is 35.5. The van der Waals surface area contributed by atoms with Crippen LogP contribution in [0.15, 0.2) is 12.1 Å². The summed E-state index contributed by atoms with van der Waals surface area (Å²) in [5.41, 5.74) is 2.36. The summed E-state index contributed by atoms with van der Waals surface area (Å²) in [7, 11) is 0. The van der Waals surface area contributed by atoms with Gasteiger partial charge in [0.25, 0.3) is 0 Å². The lowest BCUT2D eigenvalue weighted by Crippen LogP contribution is -2.24. The predicted octanol–water partition coefficient (Wildman–Crippen LogP) is 2.29. The molecule has 2 unspecified atom stereocenters. The van der Waals surface area contributed by atoms with E-state index in [1.54, 1.807) is 6.07 Å². The second-order valence-corrected chi connectivity index (χ2v) is 5.59. The van der Waals surface area contributed by atoms with Crippen molar-refractivity contribution < 1.29 is 14.6 Å². The number of carbonyl (C=O) groups is 1. The van der Waals surface area contributed by atoms with Crippen LogP contribution in [0.5, 0.6) is 0 Å². The number of anilines is 1. The fraction of sp³-hybridized carbons (Fsp3) is 0.500. The Hall–Kier alpha value is -1.10. The molecule has 1 fully saturated rings. The fourth-order valence-electron chi connectivity index (χ4n) is 2.76. The van der Waals surface area contributed by atoms with Crippen LogP contribution in [0.4, 0.5) is 5.69 Å². The maximum Gasteiger partial charge on any atom is 0.228 e. The molecule has 1 aromatic carbocycles. The molecule has 102 valence electrons. The van der Waals surface area contributed by atoms with Gasteiger partial charge in [0.2, 0.25) is 5.91 Å². The van der Waals surface area contributed by atoms with E-state index in [0.717, 1.165) is 30.7 Å². The van der Waals surface area contributed by atoms with E-state index in [4.69, 9.17) is 16.3 Å². The Bertz CT molecular complexity index is 512. The molecule has 2 atom stereocenters. The van der Waals surface area contributed by atoms with Gasteiger partial charge in [-0.2, -0.15) is 0 Å². The van der Waals surface area contributed by atoms with Crippen molar-refractivity contribution >= 4 is 23.2 Å². The number of aliphatic hydroxyl groups excluding tert-OH is 1. The van der Waals surface area contributed by atoms with Gasteiger partial charge in [0.1, 0.15) is 0 Å². The summed E-state index contributed by atoms with van der Waals surface area (Å²) in [6.45, 7) is 1.32. The smallest absolute Gasteiger partial charge is 0.228 e. The third-order valence-corrected chi connectivity index (χ3v) is 4.14. The Morgan fingerprint density at radius 3 is 3.05 bits per heavy atom. The monoisotopic (exact) mass is 281 g/mol. The van der Waals surface area contributed by atoms with E-state index in [1.165, 1.54) is 0 Å². The van der Waals surface area contributed by atoms with E-state index in [9.17, 15) is 9.90 Å². The summed E-state index contributed by atoms with van der Waals surface area (Å²) in [5, 5.41) is 13.7. The normalized spacial score (nSPS) is 23.9. The first-order valence-corrected chi connectivity index (χ1v) is 6.91. The number of hydrogen-bond acceptors (Lipinski definition) is 3. The Balaban J connectivity index is 1.88. The number of amides is 1. The number of aliphatic hydroxyl groups is 1. The van der Waals surface area contributed by atoms with E-state index < -0.39 is 6.10 Å². The van der Waals surface area contributed by atoms with Gasteiger partial charge in [-0.3, -0.25) is 4.79 Å². The number of rotatable bonds is 2. The number of fused-ring (bicyclic) bond motifs is 1. The quantitative estimate of drug-likeness (QED) is 0.874. The highest BCUT2D eigenvalue weighted by Gasteiger charge is 2.28. The van der Waals surface area contributed by atoms with Gasteiger partial charge in [-0.1, -0.05) is 11.6 Å². The molecule has 0 saturated carbocycles. The van der Waals surface area contributed by atoms with Crippen LogP contribution in [0.2, 0.25) is 5.02 Å². The second kappa shape index (κ2) is 5.12. The minimum atomic E-state index is -0.631. The minimum Gasteiger partial charge on any atom is -0.388 e. The molecule has 1 saturated heterocycles. The molecule has 0 aliphatic carbocycles. The molecule has 0 spiro atoms. The lowest BCUT2D eigenvalue weighted by Gasteiger charge is -2.27. The Morgan fingerprint density at radius 1 is 1.47 bits per heavy atom. The number of ether oxygens (including phenoxy) is 1. The van der Waals surface area contributed by atoms with Crippen molar-refractivity contribution in [3.63, 3.8) is 0 Å². The average molecular weight is 282 g/mol.